The topological polar surface area (TPSA) is 134 Å². The van der Waals surface area contributed by atoms with Gasteiger partial charge in [0.2, 0.25) is 5.91 Å². The second-order valence-corrected chi connectivity index (χ2v) is 11.3. The average molecular weight is 589 g/mol. The van der Waals surface area contributed by atoms with Gasteiger partial charge in [0.25, 0.3) is 0 Å². The van der Waals surface area contributed by atoms with Gasteiger partial charge in [-0.3, -0.25) is 4.79 Å². The minimum Gasteiger partial charge on any atom is -0.494 e. The van der Waals surface area contributed by atoms with Crippen LogP contribution in [0.2, 0.25) is 5.02 Å². The Hall–Kier alpha value is -3.89. The molecule has 0 aliphatic carbocycles. The summed E-state index contributed by atoms with van der Waals surface area (Å²) in [6, 6.07) is 12.3. The number of ether oxygens (including phenoxy) is 3. The van der Waals surface area contributed by atoms with Crippen LogP contribution in [-0.4, -0.2) is 36.9 Å². The van der Waals surface area contributed by atoms with Gasteiger partial charge in [-0.1, -0.05) is 62.7 Å². The largest absolute Gasteiger partial charge is 0.494 e. The zero-order valence-electron chi connectivity index (χ0n) is 23.0. The van der Waals surface area contributed by atoms with Crippen LogP contribution < -0.4 is 20.9 Å². The molecule has 1 heterocycles. The van der Waals surface area contributed by atoms with Gasteiger partial charge < -0.3 is 30.8 Å². The van der Waals surface area contributed by atoms with Crippen molar-refractivity contribution in [1.82, 2.24) is 0 Å². The Labute approximate surface area is 241 Å². The van der Waals surface area contributed by atoms with Crippen LogP contribution in [0.1, 0.15) is 54.6 Å². The van der Waals surface area contributed by atoms with Gasteiger partial charge in [-0.2, -0.15) is 0 Å². The van der Waals surface area contributed by atoms with Crippen molar-refractivity contribution >= 4 is 23.6 Å². The third-order valence-electron chi connectivity index (χ3n) is 7.43. The molecular weight excluding hydrogens is 558 g/mol. The highest BCUT2D eigenvalue weighted by Crippen LogP contribution is 2.58. The molecule has 5 N–H and O–H groups in total. The number of rotatable bonds is 8. The van der Waals surface area contributed by atoms with Crippen molar-refractivity contribution in [2.24, 2.45) is 16.9 Å². The van der Waals surface area contributed by atoms with Crippen molar-refractivity contribution in [3.63, 3.8) is 0 Å². The van der Waals surface area contributed by atoms with E-state index in [0.717, 1.165) is 6.07 Å². The molecule has 3 aromatic rings. The van der Waals surface area contributed by atoms with E-state index in [2.05, 4.69) is 0 Å². The lowest BCUT2D eigenvalue weighted by atomic mass is 9.71. The molecule has 3 unspecified atom stereocenters. The number of aliphatic hydroxyl groups is 1. The summed E-state index contributed by atoms with van der Waals surface area (Å²) in [5.74, 6) is -4.26. The maximum absolute atomic E-state index is 15.9. The normalized spacial score (nSPS) is 18.8. The van der Waals surface area contributed by atoms with Gasteiger partial charge in [0.05, 0.1) is 30.2 Å². The van der Waals surface area contributed by atoms with Gasteiger partial charge in [-0.25, -0.2) is 13.6 Å². The van der Waals surface area contributed by atoms with E-state index in [0.29, 0.717) is 5.56 Å². The van der Waals surface area contributed by atoms with Gasteiger partial charge in [0, 0.05) is 29.2 Å². The Morgan fingerprint density at radius 2 is 1.78 bits per heavy atom. The lowest BCUT2D eigenvalue weighted by molar-refractivity contribution is -0.0466. The summed E-state index contributed by atoms with van der Waals surface area (Å²) in [6.07, 6.45) is -1.89. The van der Waals surface area contributed by atoms with Gasteiger partial charge in [-0.05, 0) is 23.1 Å². The first-order chi connectivity index (χ1) is 19.3. The van der Waals surface area contributed by atoms with Crippen molar-refractivity contribution in [3.8, 4) is 22.6 Å². The van der Waals surface area contributed by atoms with Crippen molar-refractivity contribution in [3.05, 3.63) is 81.9 Å². The van der Waals surface area contributed by atoms with E-state index in [-0.39, 0.29) is 34.6 Å². The highest BCUT2D eigenvalue weighted by molar-refractivity contribution is 6.34. The maximum atomic E-state index is 15.9. The molecule has 2 amide bonds. The van der Waals surface area contributed by atoms with Crippen LogP contribution in [0.25, 0.3) is 11.1 Å². The van der Waals surface area contributed by atoms with E-state index in [9.17, 15) is 14.7 Å². The van der Waals surface area contributed by atoms with E-state index in [1.54, 1.807) is 30.3 Å². The van der Waals surface area contributed by atoms with Crippen LogP contribution in [0.3, 0.4) is 0 Å². The molecule has 41 heavy (non-hydrogen) atoms. The van der Waals surface area contributed by atoms with E-state index in [1.807, 2.05) is 20.8 Å². The van der Waals surface area contributed by atoms with E-state index >= 15 is 8.78 Å². The molecule has 4 rings (SSSR count). The summed E-state index contributed by atoms with van der Waals surface area (Å²) in [6.45, 7) is 4.92. The van der Waals surface area contributed by atoms with Gasteiger partial charge in [-0.15, -0.1) is 0 Å². The molecule has 218 valence electrons. The molecule has 1 aliphatic rings. The average Bonchev–Trinajstić information content (AvgIpc) is 3.22. The number of halogens is 3. The third-order valence-corrected chi connectivity index (χ3v) is 7.79. The second kappa shape index (κ2) is 11.2. The number of aliphatic hydroxyl groups excluding tert-OH is 1. The lowest BCUT2D eigenvalue weighted by Gasteiger charge is -2.40. The summed E-state index contributed by atoms with van der Waals surface area (Å²) in [7, 11) is 1.23. The molecule has 3 atom stereocenters. The van der Waals surface area contributed by atoms with Crippen molar-refractivity contribution in [2.45, 2.75) is 44.8 Å². The second-order valence-electron chi connectivity index (χ2n) is 10.9. The number of hydrogen-bond acceptors (Lipinski definition) is 6. The molecule has 0 radical (unpaired) electrons. The van der Waals surface area contributed by atoms with E-state index in [4.69, 9.17) is 37.3 Å². The predicted molar refractivity (Wildman–Crippen MR) is 149 cm³/mol. The molecule has 11 heteroatoms. The summed E-state index contributed by atoms with van der Waals surface area (Å²) >= 11 is 6.51. The summed E-state index contributed by atoms with van der Waals surface area (Å²) < 4.78 is 48.5. The highest BCUT2D eigenvalue weighted by atomic mass is 35.5. The summed E-state index contributed by atoms with van der Waals surface area (Å²) in [5.41, 5.74) is 8.68. The number of hydrogen-bond donors (Lipinski definition) is 3. The van der Waals surface area contributed by atoms with Gasteiger partial charge in [0.15, 0.2) is 11.6 Å². The minimum absolute atomic E-state index is 0.0364. The molecule has 8 nitrogen and oxygen atoms in total. The molecule has 0 spiro atoms. The predicted octanol–water partition coefficient (Wildman–Crippen LogP) is 5.66. The molecule has 1 aliphatic heterocycles. The smallest absolute Gasteiger partial charge is 0.404 e. The Morgan fingerprint density at radius 3 is 2.32 bits per heavy atom. The zero-order chi connectivity index (χ0) is 30.3. The van der Waals surface area contributed by atoms with Crippen LogP contribution >= 0.6 is 11.6 Å². The van der Waals surface area contributed by atoms with Crippen LogP contribution in [0.4, 0.5) is 13.6 Å². The van der Waals surface area contributed by atoms with Crippen LogP contribution in [0.5, 0.6) is 11.5 Å². The molecule has 0 fully saturated rings. The van der Waals surface area contributed by atoms with Crippen molar-refractivity contribution in [2.75, 3.05) is 13.7 Å². The standard InChI is InChI=1S/C30H31ClF2N2O6/c1-29(2,3)21(40-28(35)38)13-30(15-8-6-5-7-9-15)17(14-36)23-20(41-30)12-18(32)25(31)24(23)22-16(27(34)37)10-11-19(39-4)26(22)33/h5-12,17,21,36H,13-14H2,1-4H3,(H2,34,37)(H2,35,38). The molecule has 0 bridgehead atoms. The Bertz CT molecular complexity index is 1490. The number of carbonyl (C=O) groups is 2. The Kier molecular flexibility index (Phi) is 8.20. The fourth-order valence-electron chi connectivity index (χ4n) is 5.42. The third kappa shape index (κ3) is 5.29. The number of methoxy groups -OCH3 is 1. The molecular formula is C30H31ClF2N2O6. The fourth-order valence-corrected chi connectivity index (χ4v) is 5.67. The van der Waals surface area contributed by atoms with Crippen LogP contribution in [0.15, 0.2) is 48.5 Å². The Balaban J connectivity index is 2.08. The molecule has 3 aromatic carbocycles. The van der Waals surface area contributed by atoms with E-state index in [1.165, 1.54) is 19.2 Å². The molecule has 0 saturated carbocycles. The highest BCUT2D eigenvalue weighted by Gasteiger charge is 2.54. The first-order valence-corrected chi connectivity index (χ1v) is 13.1. The molecule has 0 saturated heterocycles. The number of fused-ring (bicyclic) bond motifs is 1. The minimum atomic E-state index is -1.47. The number of carbonyl (C=O) groups excluding carboxylic acids is 2. The fraction of sp³-hybridized carbons (Fsp3) is 0.333. The number of amides is 2. The SMILES string of the molecule is COc1ccc(C(N)=O)c(-c2c(Cl)c(F)cc3c2C(CO)C(CC(OC(N)=O)C(C)(C)C)(c2ccccc2)O3)c1F. The lowest BCUT2D eigenvalue weighted by Crippen LogP contribution is -2.45. The molecule has 0 aromatic heterocycles. The van der Waals surface area contributed by atoms with Crippen molar-refractivity contribution in [1.29, 1.82) is 0 Å². The maximum Gasteiger partial charge on any atom is 0.404 e. The summed E-state index contributed by atoms with van der Waals surface area (Å²) in [5, 5.41) is 10.4. The monoisotopic (exact) mass is 588 g/mol. The quantitative estimate of drug-likeness (QED) is 0.311. The first-order valence-electron chi connectivity index (χ1n) is 12.8. The first kappa shape index (κ1) is 30.1. The van der Waals surface area contributed by atoms with Gasteiger partial charge >= 0.3 is 6.09 Å². The van der Waals surface area contributed by atoms with Crippen LogP contribution in [0, 0.1) is 17.0 Å². The Morgan fingerprint density at radius 1 is 1.12 bits per heavy atom. The van der Waals surface area contributed by atoms with E-state index < -0.39 is 63.9 Å². The summed E-state index contributed by atoms with van der Waals surface area (Å²) in [4.78, 5) is 24.4. The number of benzene rings is 3. The van der Waals surface area contributed by atoms with Gasteiger partial charge in [0.1, 0.15) is 23.3 Å². The number of nitrogens with two attached hydrogens (primary N) is 2. The number of primary amides is 2. The zero-order valence-corrected chi connectivity index (χ0v) is 23.7. The van der Waals surface area contributed by atoms with Crippen molar-refractivity contribution < 1.29 is 37.7 Å². The van der Waals surface area contributed by atoms with Crippen LogP contribution in [-0.2, 0) is 10.3 Å².